The summed E-state index contributed by atoms with van der Waals surface area (Å²) in [6.45, 7) is 0. The molecule has 27 heavy (non-hydrogen) atoms. The zero-order valence-corrected chi connectivity index (χ0v) is 15.8. The van der Waals surface area contributed by atoms with Gasteiger partial charge in [0.05, 0.1) is 22.3 Å². The van der Waals surface area contributed by atoms with Crippen molar-refractivity contribution in [2.75, 3.05) is 5.32 Å². The summed E-state index contributed by atoms with van der Waals surface area (Å²) in [5.41, 5.74) is 1.38. The molecule has 1 unspecified atom stereocenters. The predicted octanol–water partition coefficient (Wildman–Crippen LogP) is 3.79. The monoisotopic (exact) mass is 397 g/mol. The minimum atomic E-state index is -0.223. The minimum Gasteiger partial charge on any atom is -0.343 e. The van der Waals surface area contributed by atoms with Gasteiger partial charge in [-0.2, -0.15) is 5.26 Å². The first-order valence-corrected chi connectivity index (χ1v) is 10.0. The quantitative estimate of drug-likeness (QED) is 0.702. The van der Waals surface area contributed by atoms with Gasteiger partial charge in [-0.05, 0) is 55.1 Å². The van der Waals surface area contributed by atoms with E-state index in [-0.39, 0.29) is 17.2 Å². The number of benzene rings is 1. The van der Waals surface area contributed by atoms with E-state index in [9.17, 15) is 10.1 Å². The Morgan fingerprint density at radius 3 is 3.00 bits per heavy atom. The Kier molecular flexibility index (Phi) is 3.93. The van der Waals surface area contributed by atoms with Crippen LogP contribution in [0.5, 0.6) is 0 Å². The third kappa shape index (κ3) is 2.64. The number of nitriles is 1. The fraction of sp³-hybridized carbons (Fsp3) is 0.316. The van der Waals surface area contributed by atoms with Crippen molar-refractivity contribution >= 4 is 44.7 Å². The minimum absolute atomic E-state index is 0.119. The van der Waals surface area contributed by atoms with Gasteiger partial charge >= 0.3 is 0 Å². The number of aromatic nitrogens is 2. The first kappa shape index (κ1) is 16.8. The second-order valence-corrected chi connectivity index (χ2v) is 8.40. The highest BCUT2D eigenvalue weighted by atomic mass is 35.5. The maximum Gasteiger partial charge on any atom is 0.281 e. The number of pyridine rings is 1. The third-order valence-corrected chi connectivity index (χ3v) is 6.92. The van der Waals surface area contributed by atoms with Gasteiger partial charge in [0.25, 0.3) is 5.56 Å². The summed E-state index contributed by atoms with van der Waals surface area (Å²) in [5, 5.41) is 18.3. The smallest absolute Gasteiger partial charge is 0.281 e. The molecule has 8 heteroatoms. The summed E-state index contributed by atoms with van der Waals surface area (Å²) in [6, 6.07) is 10.4. The van der Waals surface area contributed by atoms with Gasteiger partial charge in [0.1, 0.15) is 11.1 Å². The van der Waals surface area contributed by atoms with Crippen LogP contribution < -0.4 is 16.2 Å². The Bertz CT molecular complexity index is 1150. The maximum absolute atomic E-state index is 12.9. The molecule has 136 valence electrons. The van der Waals surface area contributed by atoms with E-state index in [4.69, 9.17) is 11.6 Å². The molecule has 0 aliphatic carbocycles. The number of fused-ring (bicyclic) bond motifs is 3. The standard InChI is InChI=1S/C19H16ClN5OS/c20-13-4-6-14-11(2-1-7-22-14)17(13)24-18-12(9-21)19(26)25(27-18)16-8-10-3-5-15(16)23-10/h1-2,4,6-7,10,15-16,23-24H,3,5,8H2/t10-,15+,16?/m0/s1. The number of hydrogen-bond donors (Lipinski definition) is 2. The van der Waals surface area contributed by atoms with Crippen molar-refractivity contribution < 1.29 is 0 Å². The fourth-order valence-electron chi connectivity index (χ4n) is 4.22. The summed E-state index contributed by atoms with van der Waals surface area (Å²) in [4.78, 5) is 17.2. The molecule has 0 saturated carbocycles. The van der Waals surface area contributed by atoms with Crippen molar-refractivity contribution in [3.05, 3.63) is 51.4 Å². The highest BCUT2D eigenvalue weighted by Crippen LogP contribution is 2.40. The van der Waals surface area contributed by atoms with Crippen LogP contribution in [0.2, 0.25) is 5.02 Å². The molecule has 2 aliphatic rings. The zero-order valence-electron chi connectivity index (χ0n) is 14.3. The van der Waals surface area contributed by atoms with E-state index in [1.54, 1.807) is 16.2 Å². The Morgan fingerprint density at radius 1 is 1.37 bits per heavy atom. The van der Waals surface area contributed by atoms with Crippen LogP contribution in [0.25, 0.3) is 10.9 Å². The average Bonchev–Trinajstić information content (AvgIpc) is 3.38. The molecule has 1 aromatic carbocycles. The highest BCUT2D eigenvalue weighted by Gasteiger charge is 2.41. The molecule has 3 atom stereocenters. The molecule has 2 bridgehead atoms. The summed E-state index contributed by atoms with van der Waals surface area (Å²) in [7, 11) is 0. The van der Waals surface area contributed by atoms with Crippen LogP contribution in [0.4, 0.5) is 10.7 Å². The van der Waals surface area contributed by atoms with Gasteiger partial charge in [-0.3, -0.25) is 13.7 Å². The van der Waals surface area contributed by atoms with E-state index in [1.165, 1.54) is 11.5 Å². The molecule has 0 amide bonds. The van der Waals surface area contributed by atoms with Gasteiger partial charge in [0.2, 0.25) is 0 Å². The van der Waals surface area contributed by atoms with Gasteiger partial charge in [-0.15, -0.1) is 0 Å². The van der Waals surface area contributed by atoms with Gasteiger partial charge < -0.3 is 10.6 Å². The Balaban J connectivity index is 1.59. The van der Waals surface area contributed by atoms with Crippen LogP contribution in [0.3, 0.4) is 0 Å². The van der Waals surface area contributed by atoms with E-state index in [2.05, 4.69) is 21.7 Å². The lowest BCUT2D eigenvalue weighted by atomic mass is 9.96. The molecular weight excluding hydrogens is 382 g/mol. The molecule has 6 nitrogen and oxygen atoms in total. The lowest BCUT2D eigenvalue weighted by Crippen LogP contribution is -2.30. The van der Waals surface area contributed by atoms with Gasteiger partial charge in [0, 0.05) is 23.7 Å². The van der Waals surface area contributed by atoms with E-state index in [0.29, 0.717) is 27.8 Å². The average molecular weight is 398 g/mol. The van der Waals surface area contributed by atoms with Gasteiger partial charge in [-0.25, -0.2) is 0 Å². The second kappa shape index (κ2) is 6.34. The summed E-state index contributed by atoms with van der Waals surface area (Å²) in [6.07, 6.45) is 4.90. The lowest BCUT2D eigenvalue weighted by molar-refractivity contribution is 0.411. The molecule has 3 aromatic rings. The number of nitrogens with one attached hydrogen (secondary N) is 2. The topological polar surface area (TPSA) is 82.7 Å². The fourth-order valence-corrected chi connectivity index (χ4v) is 5.54. The molecule has 2 aliphatic heterocycles. The van der Waals surface area contributed by atoms with Gasteiger partial charge in [-0.1, -0.05) is 11.6 Å². The summed E-state index contributed by atoms with van der Waals surface area (Å²) in [5.74, 6) is 0. The number of anilines is 2. The van der Waals surface area contributed by atoms with Crippen molar-refractivity contribution in [1.29, 1.82) is 5.26 Å². The van der Waals surface area contributed by atoms with Crippen molar-refractivity contribution in [3.8, 4) is 6.07 Å². The van der Waals surface area contributed by atoms with E-state index >= 15 is 0 Å². The van der Waals surface area contributed by atoms with E-state index in [0.717, 1.165) is 30.2 Å². The van der Waals surface area contributed by atoms with Crippen molar-refractivity contribution in [1.82, 2.24) is 14.3 Å². The number of rotatable bonds is 3. The van der Waals surface area contributed by atoms with E-state index < -0.39 is 0 Å². The molecule has 2 fully saturated rings. The second-order valence-electron chi connectivity index (χ2n) is 7.01. The lowest BCUT2D eigenvalue weighted by Gasteiger charge is -2.19. The Labute approximate surface area is 164 Å². The van der Waals surface area contributed by atoms with Crippen molar-refractivity contribution in [2.24, 2.45) is 0 Å². The van der Waals surface area contributed by atoms with Crippen LogP contribution in [-0.2, 0) is 0 Å². The Morgan fingerprint density at radius 2 is 2.26 bits per heavy atom. The van der Waals surface area contributed by atoms with Crippen LogP contribution in [0.15, 0.2) is 35.3 Å². The van der Waals surface area contributed by atoms with Gasteiger partial charge in [0.15, 0.2) is 5.56 Å². The normalized spacial score (nSPS) is 23.6. The zero-order chi connectivity index (χ0) is 18.5. The molecule has 0 radical (unpaired) electrons. The largest absolute Gasteiger partial charge is 0.343 e. The van der Waals surface area contributed by atoms with Crippen LogP contribution in [0.1, 0.15) is 30.9 Å². The molecule has 0 spiro atoms. The molecule has 4 heterocycles. The Hall–Kier alpha value is -2.40. The van der Waals surface area contributed by atoms with Crippen LogP contribution >= 0.6 is 23.1 Å². The van der Waals surface area contributed by atoms with E-state index in [1.807, 2.05) is 18.2 Å². The molecule has 2 aromatic heterocycles. The number of nitrogens with zero attached hydrogens (tertiary/aromatic N) is 3. The first-order valence-electron chi connectivity index (χ1n) is 8.88. The van der Waals surface area contributed by atoms with Crippen LogP contribution in [-0.4, -0.2) is 21.0 Å². The first-order chi connectivity index (χ1) is 13.2. The highest BCUT2D eigenvalue weighted by molar-refractivity contribution is 7.11. The molecule has 2 saturated heterocycles. The SMILES string of the molecule is N#Cc1c(Nc2c(Cl)ccc3ncccc23)sn(C2C[C@@H]3CC[C@H]2N3)c1=O. The summed E-state index contributed by atoms with van der Waals surface area (Å²) < 4.78 is 1.76. The molecule has 2 N–H and O–H groups in total. The molecule has 5 rings (SSSR count). The predicted molar refractivity (Wildman–Crippen MR) is 107 cm³/mol. The number of hydrogen-bond acceptors (Lipinski definition) is 6. The molecular formula is C19H16ClN5OS. The van der Waals surface area contributed by atoms with Crippen molar-refractivity contribution in [2.45, 2.75) is 37.4 Å². The van der Waals surface area contributed by atoms with Crippen molar-refractivity contribution in [3.63, 3.8) is 0 Å². The number of halogens is 1. The summed E-state index contributed by atoms with van der Waals surface area (Å²) >= 11 is 7.72. The van der Waals surface area contributed by atoms with Crippen LogP contribution in [0, 0.1) is 11.3 Å². The third-order valence-electron chi connectivity index (χ3n) is 5.48. The maximum atomic E-state index is 12.9.